The molecule has 0 unspecified atom stereocenters. The average molecular weight is 206 g/mol. The first-order valence-corrected chi connectivity index (χ1v) is 4.63. The second-order valence-corrected chi connectivity index (χ2v) is 3.21. The molecule has 0 radical (unpaired) electrons. The van der Waals surface area contributed by atoms with Crippen LogP contribution in [0.25, 0.3) is 0 Å². The van der Waals surface area contributed by atoms with Gasteiger partial charge in [0.25, 0.3) is 5.91 Å². The zero-order chi connectivity index (χ0) is 10.7. The Hall–Kier alpha value is -1.75. The smallest absolute Gasteiger partial charge is 0.253 e. The molecule has 0 saturated carbocycles. The quantitative estimate of drug-likeness (QED) is 0.688. The van der Waals surface area contributed by atoms with Crippen molar-refractivity contribution in [1.82, 2.24) is 0 Å². The summed E-state index contributed by atoms with van der Waals surface area (Å²) in [6.45, 7) is 1.21. The third-order valence-corrected chi connectivity index (χ3v) is 2.25. The number of amides is 1. The van der Waals surface area contributed by atoms with Crippen molar-refractivity contribution in [3.63, 3.8) is 0 Å². The van der Waals surface area contributed by atoms with Gasteiger partial charge in [-0.1, -0.05) is 0 Å². The molecule has 2 rings (SSSR count). The number of carbonyl (C=O) groups is 1. The van der Waals surface area contributed by atoms with Gasteiger partial charge in [0.2, 0.25) is 0 Å². The SMILES string of the molecule is O=Nc1ccc(N2CCOCC2=O)cc1. The molecule has 0 aromatic heterocycles. The minimum atomic E-state index is -0.0620. The number of nitrogens with zero attached hydrogens (tertiary/aromatic N) is 2. The van der Waals surface area contributed by atoms with E-state index in [1.807, 2.05) is 0 Å². The van der Waals surface area contributed by atoms with Gasteiger partial charge in [-0.25, -0.2) is 0 Å². The van der Waals surface area contributed by atoms with Crippen LogP contribution in [0.15, 0.2) is 29.4 Å². The van der Waals surface area contributed by atoms with E-state index in [1.54, 1.807) is 29.2 Å². The summed E-state index contributed by atoms with van der Waals surface area (Å²) in [5, 5.41) is 2.80. The number of carbonyl (C=O) groups excluding carboxylic acids is 1. The maximum absolute atomic E-state index is 11.5. The number of benzene rings is 1. The number of anilines is 1. The first kappa shape index (κ1) is 9.79. The van der Waals surface area contributed by atoms with Crippen LogP contribution >= 0.6 is 0 Å². The topological polar surface area (TPSA) is 59.0 Å². The van der Waals surface area contributed by atoms with Crippen molar-refractivity contribution in [3.05, 3.63) is 29.2 Å². The predicted molar refractivity (Wildman–Crippen MR) is 55.1 cm³/mol. The van der Waals surface area contributed by atoms with Gasteiger partial charge < -0.3 is 9.64 Å². The second-order valence-electron chi connectivity index (χ2n) is 3.21. The zero-order valence-electron chi connectivity index (χ0n) is 8.05. The van der Waals surface area contributed by atoms with Crippen molar-refractivity contribution in [1.29, 1.82) is 0 Å². The summed E-state index contributed by atoms with van der Waals surface area (Å²) in [5.74, 6) is -0.0620. The van der Waals surface area contributed by atoms with Crippen LogP contribution in [0.1, 0.15) is 0 Å². The molecule has 1 aliphatic heterocycles. The molecule has 0 aliphatic carbocycles. The third kappa shape index (κ3) is 2.02. The Balaban J connectivity index is 2.20. The number of hydrogen-bond donors (Lipinski definition) is 0. The van der Waals surface area contributed by atoms with Crippen molar-refractivity contribution >= 4 is 17.3 Å². The van der Waals surface area contributed by atoms with Crippen LogP contribution in [0.3, 0.4) is 0 Å². The average Bonchev–Trinajstić information content (AvgIpc) is 2.30. The van der Waals surface area contributed by atoms with Gasteiger partial charge in [0, 0.05) is 12.2 Å². The van der Waals surface area contributed by atoms with Crippen LogP contribution in [0.5, 0.6) is 0 Å². The second kappa shape index (κ2) is 4.18. The highest BCUT2D eigenvalue weighted by atomic mass is 16.5. The van der Waals surface area contributed by atoms with E-state index in [0.717, 1.165) is 5.69 Å². The molecule has 1 saturated heterocycles. The predicted octanol–water partition coefficient (Wildman–Crippen LogP) is 1.45. The van der Waals surface area contributed by atoms with Gasteiger partial charge in [0.1, 0.15) is 12.3 Å². The summed E-state index contributed by atoms with van der Waals surface area (Å²) in [6, 6.07) is 6.59. The standard InChI is InChI=1S/C10H10N2O3/c13-10-7-15-6-5-12(10)9-3-1-8(11-14)2-4-9/h1-4H,5-7H2. The fraction of sp³-hybridized carbons (Fsp3) is 0.300. The Morgan fingerprint density at radius 1 is 1.27 bits per heavy atom. The highest BCUT2D eigenvalue weighted by Crippen LogP contribution is 2.20. The molecule has 15 heavy (non-hydrogen) atoms. The molecular weight excluding hydrogens is 196 g/mol. The van der Waals surface area contributed by atoms with Crippen molar-refractivity contribution in [3.8, 4) is 0 Å². The molecule has 5 nitrogen and oxygen atoms in total. The Bertz CT molecular complexity index is 375. The molecule has 1 aliphatic rings. The molecule has 1 amide bonds. The molecule has 1 fully saturated rings. The fourth-order valence-corrected chi connectivity index (χ4v) is 1.48. The molecule has 0 N–H and O–H groups in total. The third-order valence-electron chi connectivity index (χ3n) is 2.25. The summed E-state index contributed by atoms with van der Waals surface area (Å²) < 4.78 is 5.02. The normalized spacial score (nSPS) is 16.5. The van der Waals surface area contributed by atoms with E-state index in [2.05, 4.69) is 5.18 Å². The maximum atomic E-state index is 11.5. The summed E-state index contributed by atoms with van der Waals surface area (Å²) in [5.41, 5.74) is 1.13. The Morgan fingerprint density at radius 2 is 2.00 bits per heavy atom. The van der Waals surface area contributed by atoms with Gasteiger partial charge in [-0.2, -0.15) is 0 Å². The molecule has 1 heterocycles. The largest absolute Gasteiger partial charge is 0.370 e. The molecule has 1 aromatic carbocycles. The molecule has 5 heteroatoms. The maximum Gasteiger partial charge on any atom is 0.253 e. The first-order chi connectivity index (χ1) is 7.31. The van der Waals surface area contributed by atoms with Crippen LogP contribution in [0.4, 0.5) is 11.4 Å². The number of morpholine rings is 1. The zero-order valence-corrected chi connectivity index (χ0v) is 8.05. The number of ether oxygens (including phenoxy) is 1. The minimum absolute atomic E-state index is 0.0620. The van der Waals surface area contributed by atoms with Crippen LogP contribution < -0.4 is 4.90 Å². The molecule has 0 spiro atoms. The lowest BCUT2D eigenvalue weighted by Crippen LogP contribution is -2.41. The van der Waals surface area contributed by atoms with Gasteiger partial charge in [-0.3, -0.25) is 4.79 Å². The first-order valence-electron chi connectivity index (χ1n) is 4.63. The fourth-order valence-electron chi connectivity index (χ4n) is 1.48. The van der Waals surface area contributed by atoms with E-state index in [-0.39, 0.29) is 12.5 Å². The lowest BCUT2D eigenvalue weighted by atomic mass is 10.2. The van der Waals surface area contributed by atoms with Crippen LogP contribution in [-0.4, -0.2) is 25.7 Å². The summed E-state index contributed by atoms with van der Waals surface area (Å²) in [7, 11) is 0. The number of rotatable bonds is 2. The summed E-state index contributed by atoms with van der Waals surface area (Å²) in [6.07, 6.45) is 0. The highest BCUT2D eigenvalue weighted by Gasteiger charge is 2.19. The summed E-state index contributed by atoms with van der Waals surface area (Å²) in [4.78, 5) is 23.3. The van der Waals surface area contributed by atoms with Gasteiger partial charge in [0.05, 0.1) is 6.61 Å². The van der Waals surface area contributed by atoms with Crippen LogP contribution in [0.2, 0.25) is 0 Å². The molecule has 0 atom stereocenters. The highest BCUT2D eigenvalue weighted by molar-refractivity contribution is 5.94. The molecule has 0 bridgehead atoms. The lowest BCUT2D eigenvalue weighted by molar-refractivity contribution is -0.125. The van der Waals surface area contributed by atoms with E-state index >= 15 is 0 Å². The Labute approximate surface area is 86.6 Å². The van der Waals surface area contributed by atoms with E-state index < -0.39 is 0 Å². The van der Waals surface area contributed by atoms with E-state index in [1.165, 1.54) is 0 Å². The van der Waals surface area contributed by atoms with Crippen molar-refractivity contribution in [2.45, 2.75) is 0 Å². The van der Waals surface area contributed by atoms with Crippen LogP contribution in [0, 0.1) is 4.91 Å². The van der Waals surface area contributed by atoms with Crippen molar-refractivity contribution in [2.24, 2.45) is 5.18 Å². The monoisotopic (exact) mass is 206 g/mol. The lowest BCUT2D eigenvalue weighted by Gasteiger charge is -2.26. The number of hydrogen-bond acceptors (Lipinski definition) is 4. The summed E-state index contributed by atoms with van der Waals surface area (Å²) >= 11 is 0. The number of nitroso groups, excluding NO2 is 1. The Kier molecular flexibility index (Phi) is 2.73. The van der Waals surface area contributed by atoms with Gasteiger partial charge in [-0.15, -0.1) is 4.91 Å². The van der Waals surface area contributed by atoms with E-state index in [0.29, 0.717) is 18.8 Å². The Morgan fingerprint density at radius 3 is 2.60 bits per heavy atom. The van der Waals surface area contributed by atoms with Gasteiger partial charge >= 0.3 is 0 Å². The molecule has 1 aromatic rings. The van der Waals surface area contributed by atoms with E-state index in [4.69, 9.17) is 4.74 Å². The van der Waals surface area contributed by atoms with E-state index in [9.17, 15) is 9.70 Å². The van der Waals surface area contributed by atoms with Crippen molar-refractivity contribution < 1.29 is 9.53 Å². The molecule has 78 valence electrons. The van der Waals surface area contributed by atoms with Gasteiger partial charge in [0.15, 0.2) is 0 Å². The minimum Gasteiger partial charge on any atom is -0.370 e. The van der Waals surface area contributed by atoms with Gasteiger partial charge in [-0.05, 0) is 29.4 Å². The van der Waals surface area contributed by atoms with Crippen molar-refractivity contribution in [2.75, 3.05) is 24.7 Å². The molecular formula is C10H10N2O3. The van der Waals surface area contributed by atoms with Crippen LogP contribution in [-0.2, 0) is 9.53 Å².